The van der Waals surface area contributed by atoms with E-state index in [0.29, 0.717) is 32.2 Å². The monoisotopic (exact) mass is 534 g/mol. The quantitative estimate of drug-likeness (QED) is 0.0898. The van der Waals surface area contributed by atoms with Crippen LogP contribution in [0.4, 0.5) is 4.79 Å². The third-order valence-electron chi connectivity index (χ3n) is 6.39. The van der Waals surface area contributed by atoms with E-state index >= 15 is 0 Å². The van der Waals surface area contributed by atoms with Crippen LogP contribution < -0.4 is 27.0 Å². The summed E-state index contributed by atoms with van der Waals surface area (Å²) < 4.78 is 0. The third kappa shape index (κ3) is 11.8. The summed E-state index contributed by atoms with van der Waals surface area (Å²) in [6.45, 7) is 6.14. The Labute approximate surface area is 225 Å². The number of urea groups is 1. The van der Waals surface area contributed by atoms with Crippen LogP contribution in [-0.4, -0.2) is 79.5 Å². The predicted molar refractivity (Wildman–Crippen MR) is 145 cm³/mol. The first-order chi connectivity index (χ1) is 18.0. The van der Waals surface area contributed by atoms with Gasteiger partial charge in [0.15, 0.2) is 0 Å². The fraction of sp³-hybridized carbons (Fsp3) is 0.680. The molecule has 12 nitrogen and oxygen atoms in total. The molecule has 1 heterocycles. The summed E-state index contributed by atoms with van der Waals surface area (Å²) in [6, 6.07) is -2.35. The van der Waals surface area contributed by atoms with Crippen LogP contribution in [0.3, 0.4) is 0 Å². The van der Waals surface area contributed by atoms with E-state index in [1.807, 2.05) is 14.8 Å². The van der Waals surface area contributed by atoms with Crippen molar-refractivity contribution in [2.45, 2.75) is 90.2 Å². The number of hydrogen-bond acceptors (Lipinski definition) is 6. The Morgan fingerprint density at radius 1 is 0.947 bits per heavy atom. The van der Waals surface area contributed by atoms with Gasteiger partial charge in [0.25, 0.3) is 11.8 Å². The van der Waals surface area contributed by atoms with Gasteiger partial charge in [-0.2, -0.15) is 0 Å². The molecule has 1 aliphatic rings. The van der Waals surface area contributed by atoms with Crippen LogP contribution in [0.5, 0.6) is 0 Å². The van der Waals surface area contributed by atoms with Crippen molar-refractivity contribution in [2.75, 3.05) is 13.1 Å². The molecule has 0 radical (unpaired) electrons. The van der Waals surface area contributed by atoms with Gasteiger partial charge in [-0.15, -0.1) is 0 Å². The van der Waals surface area contributed by atoms with Gasteiger partial charge >= 0.3 is 6.03 Å². The largest absolute Gasteiger partial charge is 0.352 e. The molecule has 212 valence electrons. The van der Waals surface area contributed by atoms with Gasteiger partial charge in [-0.1, -0.05) is 33.5 Å². The van der Waals surface area contributed by atoms with Crippen LogP contribution in [-0.2, 0) is 24.0 Å². The van der Waals surface area contributed by atoms with Crippen LogP contribution in [0.25, 0.3) is 0 Å². The standard InChI is InChI=1S/C25H43BN6O6/c1-4-17(15-26)29-23(36)18(9-8-13-28-25(27)38)30-24(37)22(16(2)3)31-19(33)10-6-5-7-14-32-20(34)11-12-21(32)35/h11-12,16-18,22H,4-10,13-15,26H2,1-3H3,(H,29,36)(H,30,37)(H,31,33)(H3,27,28,38)/t17-,18-,22?/m0/s1. The van der Waals surface area contributed by atoms with E-state index in [4.69, 9.17) is 5.73 Å². The molecule has 0 aliphatic carbocycles. The molecular weight excluding hydrogens is 491 g/mol. The Balaban J connectivity index is 2.63. The summed E-state index contributed by atoms with van der Waals surface area (Å²) in [7, 11) is 1.96. The minimum Gasteiger partial charge on any atom is -0.352 e. The second-order valence-corrected chi connectivity index (χ2v) is 9.78. The number of nitrogens with two attached hydrogens (primary N) is 1. The van der Waals surface area contributed by atoms with E-state index in [9.17, 15) is 28.8 Å². The maximum absolute atomic E-state index is 13.1. The number of nitrogens with one attached hydrogen (secondary N) is 4. The number of unbranched alkanes of at least 4 members (excludes halogenated alkanes) is 2. The molecule has 13 heteroatoms. The molecular formula is C25H43BN6O6. The first-order valence-electron chi connectivity index (χ1n) is 13.5. The Kier molecular flexibility index (Phi) is 14.8. The number of amides is 7. The topological polar surface area (TPSA) is 180 Å². The maximum Gasteiger partial charge on any atom is 0.312 e. The van der Waals surface area contributed by atoms with Crippen molar-refractivity contribution < 1.29 is 28.8 Å². The highest BCUT2D eigenvalue weighted by molar-refractivity contribution is 6.12. The average molecular weight is 534 g/mol. The van der Waals surface area contributed by atoms with Crippen LogP contribution in [0.15, 0.2) is 12.2 Å². The zero-order valence-electron chi connectivity index (χ0n) is 23.0. The number of carbonyl (C=O) groups excluding carboxylic acids is 6. The highest BCUT2D eigenvalue weighted by atomic mass is 16.2. The van der Waals surface area contributed by atoms with Crippen LogP contribution in [0.1, 0.15) is 65.7 Å². The Morgan fingerprint density at radius 3 is 2.16 bits per heavy atom. The second kappa shape index (κ2) is 17.2. The molecule has 7 amide bonds. The summed E-state index contributed by atoms with van der Waals surface area (Å²) >= 11 is 0. The lowest BCUT2D eigenvalue weighted by Crippen LogP contribution is -2.56. The Bertz CT molecular complexity index is 858. The molecule has 0 saturated carbocycles. The number of imide groups is 1. The molecule has 1 unspecified atom stereocenters. The molecule has 0 aromatic heterocycles. The van der Waals surface area contributed by atoms with Crippen molar-refractivity contribution >= 4 is 43.4 Å². The number of hydrogen-bond donors (Lipinski definition) is 5. The average Bonchev–Trinajstić information content (AvgIpc) is 3.18. The normalized spacial score (nSPS) is 15.2. The fourth-order valence-electron chi connectivity index (χ4n) is 4.01. The molecule has 1 rings (SSSR count). The molecule has 38 heavy (non-hydrogen) atoms. The summed E-state index contributed by atoms with van der Waals surface area (Å²) in [4.78, 5) is 73.8. The van der Waals surface area contributed by atoms with Crippen LogP contribution in [0.2, 0.25) is 6.32 Å². The molecule has 0 bridgehead atoms. The first-order valence-corrected chi connectivity index (χ1v) is 13.5. The molecule has 0 spiro atoms. The summed E-state index contributed by atoms with van der Waals surface area (Å²) in [6.07, 6.45) is 6.64. The highest BCUT2D eigenvalue weighted by Crippen LogP contribution is 2.10. The van der Waals surface area contributed by atoms with Gasteiger partial charge in [0.1, 0.15) is 19.9 Å². The van der Waals surface area contributed by atoms with Crippen LogP contribution in [0, 0.1) is 5.92 Å². The van der Waals surface area contributed by atoms with Gasteiger partial charge in [0, 0.05) is 37.7 Å². The van der Waals surface area contributed by atoms with Gasteiger partial charge in [-0.05, 0) is 38.0 Å². The lowest BCUT2D eigenvalue weighted by atomic mass is 9.95. The summed E-state index contributed by atoms with van der Waals surface area (Å²) in [5.41, 5.74) is 5.09. The van der Waals surface area contributed by atoms with Crippen molar-refractivity contribution in [3.05, 3.63) is 12.2 Å². The Morgan fingerprint density at radius 2 is 1.61 bits per heavy atom. The zero-order valence-corrected chi connectivity index (χ0v) is 23.0. The Hall–Kier alpha value is -3.38. The van der Waals surface area contributed by atoms with Gasteiger partial charge in [0.05, 0.1) is 0 Å². The smallest absolute Gasteiger partial charge is 0.312 e. The van der Waals surface area contributed by atoms with Crippen molar-refractivity contribution in [3.8, 4) is 0 Å². The molecule has 0 aromatic carbocycles. The number of nitrogens with zero attached hydrogens (tertiary/aromatic N) is 1. The zero-order chi connectivity index (χ0) is 28.7. The minimum atomic E-state index is -0.833. The number of carbonyl (C=O) groups is 6. The third-order valence-corrected chi connectivity index (χ3v) is 6.39. The fourth-order valence-corrected chi connectivity index (χ4v) is 4.01. The second-order valence-electron chi connectivity index (χ2n) is 9.78. The van der Waals surface area contributed by atoms with Crippen LogP contribution >= 0.6 is 0 Å². The first kappa shape index (κ1) is 32.7. The molecule has 0 fully saturated rings. The van der Waals surface area contributed by atoms with Crippen molar-refractivity contribution in [2.24, 2.45) is 11.7 Å². The van der Waals surface area contributed by atoms with E-state index in [0.717, 1.165) is 12.7 Å². The minimum absolute atomic E-state index is 0.0239. The van der Waals surface area contributed by atoms with E-state index in [2.05, 4.69) is 21.3 Å². The summed E-state index contributed by atoms with van der Waals surface area (Å²) in [5, 5.41) is 11.0. The predicted octanol–water partition coefficient (Wildman–Crippen LogP) is -0.508. The van der Waals surface area contributed by atoms with Gasteiger partial charge < -0.3 is 27.0 Å². The van der Waals surface area contributed by atoms with Gasteiger partial charge in [-0.25, -0.2) is 4.79 Å². The van der Waals surface area contributed by atoms with Crippen molar-refractivity contribution in [1.29, 1.82) is 0 Å². The molecule has 1 aliphatic heterocycles. The van der Waals surface area contributed by atoms with E-state index in [-0.39, 0.29) is 55.0 Å². The number of rotatable bonds is 18. The van der Waals surface area contributed by atoms with E-state index in [1.165, 1.54) is 17.1 Å². The van der Waals surface area contributed by atoms with Gasteiger partial charge in [-0.3, -0.25) is 28.9 Å². The number of primary amides is 1. The lowest BCUT2D eigenvalue weighted by molar-refractivity contribution is -0.137. The highest BCUT2D eigenvalue weighted by Gasteiger charge is 2.29. The summed E-state index contributed by atoms with van der Waals surface area (Å²) in [5.74, 6) is -1.94. The molecule has 3 atom stereocenters. The van der Waals surface area contributed by atoms with E-state index in [1.54, 1.807) is 13.8 Å². The SMILES string of the molecule is BC[C@H](CC)NC(=O)[C@H](CCCNC(N)=O)NC(=O)C(NC(=O)CCCCCN1C(=O)C=CC1=O)C(C)C. The molecule has 0 saturated heterocycles. The van der Waals surface area contributed by atoms with Gasteiger partial charge in [0.2, 0.25) is 17.7 Å². The molecule has 0 aromatic rings. The van der Waals surface area contributed by atoms with Crippen molar-refractivity contribution in [1.82, 2.24) is 26.2 Å². The van der Waals surface area contributed by atoms with Crippen molar-refractivity contribution in [3.63, 3.8) is 0 Å². The van der Waals surface area contributed by atoms with E-state index < -0.39 is 24.0 Å². The lowest BCUT2D eigenvalue weighted by Gasteiger charge is -2.26. The molecule has 6 N–H and O–H groups in total. The maximum atomic E-state index is 13.1.